The molecule has 1 aromatic heterocycles. The van der Waals surface area contributed by atoms with Crippen molar-refractivity contribution >= 4 is 243 Å². The van der Waals surface area contributed by atoms with E-state index in [0.29, 0.717) is 45.1 Å². The Kier molecular flexibility index (Phi) is 47.6. The molecule has 0 amide bonds. The van der Waals surface area contributed by atoms with Gasteiger partial charge in [0.2, 0.25) is 5.69 Å². The summed E-state index contributed by atoms with van der Waals surface area (Å²) in [5, 5.41) is 85.2. The predicted molar refractivity (Wildman–Crippen MR) is 468 cm³/mol. The quantitative estimate of drug-likeness (QED) is 0.0458. The molecule has 0 aliphatic carbocycles. The fourth-order valence-electron chi connectivity index (χ4n) is 10.3. The van der Waals surface area contributed by atoms with E-state index in [1.165, 1.54) is 40.1 Å². The van der Waals surface area contributed by atoms with Crippen LogP contribution in [0.5, 0.6) is 40.2 Å². The molecule has 23 heteroatoms. The van der Waals surface area contributed by atoms with E-state index in [1.807, 2.05) is 194 Å². The van der Waals surface area contributed by atoms with Crippen molar-refractivity contribution < 1.29 is 70.7 Å². The summed E-state index contributed by atoms with van der Waals surface area (Å²) in [7, 11) is 0. The van der Waals surface area contributed by atoms with Crippen molar-refractivity contribution in [2.45, 2.75) is 0 Å². The molecular weight excluding hydrogens is 1430 g/mol. The second kappa shape index (κ2) is 55.5. The molecular formula is C94H74Li7N8O7S-7. The third kappa shape index (κ3) is 33.6. The third-order valence-electron chi connectivity index (χ3n) is 16.1. The molecule has 7 N–H and O–H groups in total. The molecule has 0 aliphatic rings. The number of benzene rings is 14. The smallest absolute Gasteiger partial charge is 0.275 e. The fraction of sp³-hybridized carbons (Fsp3) is 0. The van der Waals surface area contributed by atoms with E-state index < -0.39 is 0 Å². The Morgan fingerprint density at radius 3 is 0.974 bits per heavy atom. The second-order valence-electron chi connectivity index (χ2n) is 23.8. The summed E-state index contributed by atoms with van der Waals surface area (Å²) in [6.45, 7) is 6.83. The molecule has 117 heavy (non-hydrogen) atoms. The minimum atomic E-state index is -0.0396. The van der Waals surface area contributed by atoms with Crippen LogP contribution in [0, 0.1) is 6.57 Å². The van der Waals surface area contributed by atoms with Gasteiger partial charge in [0.25, 0.3) is 11.4 Å². The Labute approximate surface area is 770 Å². The Balaban J connectivity index is 0.000000362. The van der Waals surface area contributed by atoms with E-state index in [9.17, 15) is 35.7 Å². The molecule has 0 saturated heterocycles. The number of hydrogen-bond acceptors (Lipinski definition) is 8. The van der Waals surface area contributed by atoms with Crippen molar-refractivity contribution in [2.24, 2.45) is 0 Å². The van der Waals surface area contributed by atoms with E-state index in [2.05, 4.69) is 82.3 Å². The summed E-state index contributed by atoms with van der Waals surface area (Å²) in [5.74, 6) is -0.0824. The molecule has 0 spiro atoms. The van der Waals surface area contributed by atoms with E-state index in [4.69, 9.17) is 6.57 Å². The van der Waals surface area contributed by atoms with Gasteiger partial charge < -0.3 is 168 Å². The van der Waals surface area contributed by atoms with Crippen LogP contribution in [-0.4, -0.2) is 176 Å². The molecule has 0 fully saturated rings. The molecule has 15 rings (SSSR count). The average molecular weight is 1510 g/mol. The van der Waals surface area contributed by atoms with Gasteiger partial charge in [-0.15, -0.1) is 11.3 Å². The standard InChI is InChI=1S/C20H16N2O2.C19H15NO.C17H13NO.C14H10N2O.C13H11NO.C11H9NOS.7Li/c23-19-11-5-1-7-15(19)13-21-17-9-3-4-10-18(17)22-14-16-8-2-6-12-20(16)24;21-19-9-5-4-8-18(19)20-14-15-10-12-17(13-11-15)16-6-2-1-3-7-16;19-17-11-4-3-10-16(17)18-12-14-8-5-7-13-6-1-2-9-15(13)14;1-15-12-6-8-13(9-7-12)16-10-11-4-2-3-5-14(11)17;15-13-9-5-4-8-12(13)14-10-11-6-2-1-3-7-11;13-11-6-2-1-5-10(11)12-8-9-4-3-7-14-9;;;;;;;/h1-14,23-24H;1-14,21H;1-12,19H;2-10,17H;1-10,15H;1-8,13H;;;;;;;/q;;;;;;7*-1. The summed E-state index contributed by atoms with van der Waals surface area (Å²) in [4.78, 5) is 25.8. The molecule has 0 atom stereocenters. The van der Waals surface area contributed by atoms with Crippen molar-refractivity contribution in [1.29, 1.82) is 0 Å². The summed E-state index contributed by atoms with van der Waals surface area (Å²) >= 11 is 1.63. The van der Waals surface area contributed by atoms with Crippen LogP contribution in [0.2, 0.25) is 0 Å². The summed E-state index contributed by atoms with van der Waals surface area (Å²) in [6.07, 6.45) is 12.4. The van der Waals surface area contributed by atoms with Gasteiger partial charge in [0, 0.05) is 69.8 Å². The second-order valence-corrected chi connectivity index (χ2v) is 24.8. The van der Waals surface area contributed by atoms with Crippen molar-refractivity contribution in [3.05, 3.63) is 413 Å². The Morgan fingerprint density at radius 2 is 0.556 bits per heavy atom. The maximum atomic E-state index is 11.7. The van der Waals surface area contributed by atoms with E-state index in [1.54, 1.807) is 163 Å². The van der Waals surface area contributed by atoms with Gasteiger partial charge in [0.15, 0.2) is 71.9 Å². The number of nitrogens with one attached hydrogen (secondary N) is 7. The van der Waals surface area contributed by atoms with Crippen molar-refractivity contribution in [3.8, 4) is 51.4 Å². The molecule has 1 heterocycles. The van der Waals surface area contributed by atoms with Crippen molar-refractivity contribution in [2.75, 3.05) is 0 Å². The fourth-order valence-corrected chi connectivity index (χ4v) is 10.9. The van der Waals surface area contributed by atoms with Crippen molar-refractivity contribution in [3.63, 3.8) is 0 Å². The third-order valence-corrected chi connectivity index (χ3v) is 16.9. The Hall–Kier alpha value is -11.0. The summed E-state index contributed by atoms with van der Waals surface area (Å²) in [5.41, 5.74) is 12.7. The van der Waals surface area contributed by atoms with Gasteiger partial charge in [-0.05, 0) is 129 Å². The first-order valence-corrected chi connectivity index (χ1v) is 35.6. The van der Waals surface area contributed by atoms with Gasteiger partial charge in [-0.2, -0.15) is 0 Å². The molecule has 0 saturated carbocycles. The molecule has 14 aromatic carbocycles. The van der Waals surface area contributed by atoms with Gasteiger partial charge in [0.1, 0.15) is 0 Å². The number of nitrogens with zero attached hydrogens (tertiary/aromatic N) is 1. The number of thiophene rings is 1. The van der Waals surface area contributed by atoms with Crippen LogP contribution in [0.3, 0.4) is 0 Å². The van der Waals surface area contributed by atoms with Crippen LogP contribution in [0.25, 0.3) is 26.7 Å². The molecule has 552 valence electrons. The van der Waals surface area contributed by atoms with E-state index >= 15 is 0 Å². The zero-order valence-corrected chi connectivity index (χ0v) is 67.2. The molecule has 0 unspecified atom stereocenters. The number of hydrogen-bond donors (Lipinski definition) is 7. The number of rotatable bonds is 15. The predicted octanol–water partition coefficient (Wildman–Crippen LogP) is 3.22. The first-order chi connectivity index (χ1) is 53.9. The van der Waals surface area contributed by atoms with Crippen molar-refractivity contribution in [1.82, 2.24) is 0 Å². The van der Waals surface area contributed by atoms with Gasteiger partial charge in [0.05, 0.1) is 11.4 Å². The topological polar surface area (TPSA) is 264 Å². The maximum Gasteiger partial charge on any atom is 0.275 e. The number of fused-ring (bicyclic) bond motifs is 1. The van der Waals surface area contributed by atoms with E-state index in [0.717, 1.165) is 38.6 Å². The SMILES string of the molecule is [C-]#[N+]c1ccc([NH+]=Cc2ccccc2[O-])cc1.[Li-].[Li-].[Li-].[Li-].[Li-].[Li-].[Li-].[O-]c1ccccc1C=[NH+]c1ccccc1[NH+]=Cc1ccccc1[O-].[O-]c1ccccc1[NH+]=Cc1ccc(-c2ccccc2)cc1.[O-]c1ccccc1[NH+]=Cc1cccc2ccccc12.[O-]c1ccccc1[NH+]=Cc1ccccc1.[O-]c1ccccc1[NH+]=Cc1cccs1. The molecule has 15 aromatic rings. The zero-order chi connectivity index (χ0) is 76.8. The van der Waals surface area contributed by atoms with Gasteiger partial charge >= 0.3 is 0 Å². The van der Waals surface area contributed by atoms with Crippen LogP contribution in [0.4, 0.5) is 45.5 Å². The van der Waals surface area contributed by atoms with Crippen LogP contribution >= 0.6 is 11.3 Å². The first kappa shape index (κ1) is 100. The van der Waals surface area contributed by atoms with Gasteiger partial charge in [-0.3, -0.25) is 0 Å². The van der Waals surface area contributed by atoms with Crippen LogP contribution < -0.4 is 70.7 Å². The first-order valence-electron chi connectivity index (χ1n) is 34.7. The molecule has 0 aliphatic heterocycles. The van der Waals surface area contributed by atoms with Crippen LogP contribution in [-0.2, 0) is 0 Å². The average Bonchev–Trinajstić information content (AvgIpc) is 1.59. The molecule has 0 bridgehead atoms. The minimum absolute atomic E-state index is 0. The van der Waals surface area contributed by atoms with Gasteiger partial charge in [-0.25, -0.2) is 39.8 Å². The molecule has 15 nitrogen and oxygen atoms in total. The minimum Gasteiger partial charge on any atom is -1.00 e. The monoisotopic (exact) mass is 1510 g/mol. The zero-order valence-electron chi connectivity index (χ0n) is 66.4. The Bertz CT molecular complexity index is 5630. The largest absolute Gasteiger partial charge is 1.00 e. The maximum absolute atomic E-state index is 11.7. The summed E-state index contributed by atoms with van der Waals surface area (Å²) in [6, 6.07) is 109. The van der Waals surface area contributed by atoms with Gasteiger partial charge in [-0.1, -0.05) is 260 Å². The van der Waals surface area contributed by atoms with E-state index in [-0.39, 0.29) is 172 Å². The van der Waals surface area contributed by atoms with Crippen LogP contribution in [0.15, 0.2) is 363 Å². The molecule has 14 radical (unpaired) electrons. The van der Waals surface area contributed by atoms with Crippen LogP contribution in [0.1, 0.15) is 38.3 Å². The number of para-hydroxylation sites is 13. The Morgan fingerprint density at radius 1 is 0.239 bits per heavy atom. The normalized spacial score (nSPS) is 10.2. The summed E-state index contributed by atoms with van der Waals surface area (Å²) < 4.78 is 0.